The summed E-state index contributed by atoms with van der Waals surface area (Å²) < 4.78 is 1.31. The zero-order valence-electron chi connectivity index (χ0n) is 11.4. The second-order valence-electron chi connectivity index (χ2n) is 4.96. The Morgan fingerprint density at radius 1 is 1.40 bits per heavy atom. The van der Waals surface area contributed by atoms with Gasteiger partial charge in [0.25, 0.3) is 5.91 Å². The van der Waals surface area contributed by atoms with Crippen LogP contribution in [0.3, 0.4) is 0 Å². The smallest absolute Gasteiger partial charge is 0.331 e. The molecule has 1 amide bonds. The summed E-state index contributed by atoms with van der Waals surface area (Å²) in [5.41, 5.74) is 0.822. The van der Waals surface area contributed by atoms with Crippen molar-refractivity contribution in [2.75, 3.05) is 5.32 Å². The maximum absolute atomic E-state index is 12.0. The SMILES string of the molecule is Cc1cscc1C(=O)Nc1cnn(C(C)(C)C(=O)O)c1. The average Bonchev–Trinajstić information content (AvgIpc) is 2.97. The predicted octanol–water partition coefficient (Wildman–Crippen LogP) is 2.33. The van der Waals surface area contributed by atoms with Gasteiger partial charge in [-0.25, -0.2) is 4.79 Å². The highest BCUT2D eigenvalue weighted by molar-refractivity contribution is 7.08. The monoisotopic (exact) mass is 293 g/mol. The number of carbonyl (C=O) groups excluding carboxylic acids is 1. The molecule has 0 fully saturated rings. The molecular formula is C13H15N3O3S. The van der Waals surface area contributed by atoms with Gasteiger partial charge >= 0.3 is 5.97 Å². The van der Waals surface area contributed by atoms with Gasteiger partial charge in [-0.15, -0.1) is 0 Å². The van der Waals surface area contributed by atoms with Crippen LogP contribution in [0.25, 0.3) is 0 Å². The van der Waals surface area contributed by atoms with Crippen LogP contribution in [0, 0.1) is 6.92 Å². The van der Waals surface area contributed by atoms with Crippen molar-refractivity contribution in [3.05, 3.63) is 34.3 Å². The summed E-state index contributed by atoms with van der Waals surface area (Å²) >= 11 is 1.46. The Labute approximate surface area is 120 Å². The molecule has 0 bridgehead atoms. The van der Waals surface area contributed by atoms with Gasteiger partial charge in [-0.2, -0.15) is 16.4 Å². The number of nitrogens with one attached hydrogen (secondary N) is 1. The highest BCUT2D eigenvalue weighted by Crippen LogP contribution is 2.19. The van der Waals surface area contributed by atoms with E-state index in [1.807, 2.05) is 12.3 Å². The minimum atomic E-state index is -1.17. The molecule has 0 aliphatic rings. The molecule has 2 aromatic heterocycles. The highest BCUT2D eigenvalue weighted by Gasteiger charge is 2.30. The lowest BCUT2D eigenvalue weighted by Crippen LogP contribution is -2.35. The summed E-state index contributed by atoms with van der Waals surface area (Å²) in [7, 11) is 0. The first-order valence-electron chi connectivity index (χ1n) is 5.95. The third-order valence-electron chi connectivity index (χ3n) is 3.04. The molecule has 2 aromatic rings. The first-order valence-corrected chi connectivity index (χ1v) is 6.89. The number of amides is 1. The summed E-state index contributed by atoms with van der Waals surface area (Å²) in [6.07, 6.45) is 2.94. The van der Waals surface area contributed by atoms with Gasteiger partial charge in [-0.3, -0.25) is 9.48 Å². The second-order valence-corrected chi connectivity index (χ2v) is 5.70. The molecule has 2 heterocycles. The summed E-state index contributed by atoms with van der Waals surface area (Å²) in [6.45, 7) is 4.94. The lowest BCUT2D eigenvalue weighted by atomic mass is 10.1. The van der Waals surface area contributed by atoms with E-state index in [9.17, 15) is 9.59 Å². The molecule has 0 atom stereocenters. The lowest BCUT2D eigenvalue weighted by molar-refractivity contribution is -0.146. The molecule has 0 saturated heterocycles. The largest absolute Gasteiger partial charge is 0.479 e. The molecule has 106 valence electrons. The number of carbonyl (C=O) groups is 2. The Bertz CT molecular complexity index is 657. The Kier molecular flexibility index (Phi) is 3.63. The summed E-state index contributed by atoms with van der Waals surface area (Å²) in [5.74, 6) is -1.22. The molecule has 0 saturated carbocycles. The van der Waals surface area contributed by atoms with Crippen LogP contribution in [-0.4, -0.2) is 26.8 Å². The Morgan fingerprint density at radius 2 is 2.10 bits per heavy atom. The molecule has 0 radical (unpaired) electrons. The topological polar surface area (TPSA) is 84.2 Å². The number of carboxylic acids is 1. The first kappa shape index (κ1) is 14.3. The Balaban J connectivity index is 2.17. The van der Waals surface area contributed by atoms with E-state index in [2.05, 4.69) is 10.4 Å². The number of hydrogen-bond donors (Lipinski definition) is 2. The van der Waals surface area contributed by atoms with Crippen molar-refractivity contribution in [1.29, 1.82) is 0 Å². The van der Waals surface area contributed by atoms with Crippen molar-refractivity contribution in [2.24, 2.45) is 0 Å². The van der Waals surface area contributed by atoms with Crippen molar-refractivity contribution >= 4 is 28.9 Å². The number of aromatic nitrogens is 2. The van der Waals surface area contributed by atoms with Gasteiger partial charge in [0.15, 0.2) is 5.54 Å². The van der Waals surface area contributed by atoms with Crippen molar-refractivity contribution in [2.45, 2.75) is 26.3 Å². The van der Waals surface area contributed by atoms with Crippen molar-refractivity contribution in [1.82, 2.24) is 9.78 Å². The molecule has 0 aromatic carbocycles. The molecule has 6 nitrogen and oxygen atoms in total. The molecule has 0 spiro atoms. The summed E-state index contributed by atoms with van der Waals surface area (Å²) in [5, 5.41) is 19.5. The molecule has 0 unspecified atom stereocenters. The third kappa shape index (κ3) is 2.57. The van der Waals surface area contributed by atoms with Crippen molar-refractivity contribution in [3.8, 4) is 0 Å². The number of rotatable bonds is 4. The maximum Gasteiger partial charge on any atom is 0.331 e. The average molecular weight is 293 g/mol. The maximum atomic E-state index is 12.0. The van der Waals surface area contributed by atoms with Crippen LogP contribution in [-0.2, 0) is 10.3 Å². The summed E-state index contributed by atoms with van der Waals surface area (Å²) in [4.78, 5) is 23.2. The van der Waals surface area contributed by atoms with Crippen LogP contribution < -0.4 is 5.32 Å². The predicted molar refractivity (Wildman–Crippen MR) is 76.2 cm³/mol. The minimum absolute atomic E-state index is 0.226. The zero-order chi connectivity index (χ0) is 14.9. The molecule has 20 heavy (non-hydrogen) atoms. The van der Waals surface area contributed by atoms with E-state index in [1.165, 1.54) is 42.3 Å². The van der Waals surface area contributed by atoms with E-state index in [0.717, 1.165) is 5.56 Å². The van der Waals surface area contributed by atoms with Crippen LogP contribution in [0.15, 0.2) is 23.2 Å². The fourth-order valence-corrected chi connectivity index (χ4v) is 2.41. The normalized spacial score (nSPS) is 11.3. The van der Waals surface area contributed by atoms with Crippen molar-refractivity contribution in [3.63, 3.8) is 0 Å². The Hall–Kier alpha value is -2.15. The van der Waals surface area contributed by atoms with Gasteiger partial charge in [0.2, 0.25) is 0 Å². The van der Waals surface area contributed by atoms with Crippen LogP contribution in [0.5, 0.6) is 0 Å². The number of aryl methyl sites for hydroxylation is 1. The van der Waals surface area contributed by atoms with Gasteiger partial charge < -0.3 is 10.4 Å². The van der Waals surface area contributed by atoms with Gasteiger partial charge in [-0.05, 0) is 31.7 Å². The number of hydrogen-bond acceptors (Lipinski definition) is 4. The van der Waals surface area contributed by atoms with E-state index in [1.54, 1.807) is 5.38 Å². The second kappa shape index (κ2) is 5.09. The first-order chi connectivity index (χ1) is 9.32. The quantitative estimate of drug-likeness (QED) is 0.906. The van der Waals surface area contributed by atoms with E-state index >= 15 is 0 Å². The fraction of sp³-hybridized carbons (Fsp3) is 0.308. The van der Waals surface area contributed by atoms with Crippen LogP contribution in [0.2, 0.25) is 0 Å². The minimum Gasteiger partial charge on any atom is -0.479 e. The van der Waals surface area contributed by atoms with Crippen molar-refractivity contribution < 1.29 is 14.7 Å². The number of nitrogens with zero attached hydrogens (tertiary/aromatic N) is 2. The van der Waals surface area contributed by atoms with E-state index in [0.29, 0.717) is 11.3 Å². The molecule has 7 heteroatoms. The molecule has 0 aliphatic heterocycles. The highest BCUT2D eigenvalue weighted by atomic mass is 32.1. The summed E-state index contributed by atoms with van der Waals surface area (Å²) in [6, 6.07) is 0. The Morgan fingerprint density at radius 3 is 2.65 bits per heavy atom. The zero-order valence-corrected chi connectivity index (χ0v) is 12.2. The van der Waals surface area contributed by atoms with Crippen LogP contribution >= 0.6 is 11.3 Å². The van der Waals surface area contributed by atoms with E-state index in [-0.39, 0.29) is 5.91 Å². The number of thiophene rings is 1. The van der Waals surface area contributed by atoms with Gasteiger partial charge in [0.05, 0.1) is 17.4 Å². The lowest BCUT2D eigenvalue weighted by Gasteiger charge is -2.19. The van der Waals surface area contributed by atoms with Crippen LogP contribution in [0.1, 0.15) is 29.8 Å². The number of anilines is 1. The molecular weight excluding hydrogens is 278 g/mol. The van der Waals surface area contributed by atoms with Gasteiger partial charge in [0, 0.05) is 11.6 Å². The standard InChI is InChI=1S/C13H15N3O3S/c1-8-6-20-7-10(8)11(17)15-9-4-14-16(5-9)13(2,3)12(18)19/h4-7H,1-3H3,(H,15,17)(H,18,19). The molecule has 2 N–H and O–H groups in total. The van der Waals surface area contributed by atoms with E-state index < -0.39 is 11.5 Å². The third-order valence-corrected chi connectivity index (χ3v) is 3.90. The van der Waals surface area contributed by atoms with Crippen LogP contribution in [0.4, 0.5) is 5.69 Å². The van der Waals surface area contributed by atoms with E-state index in [4.69, 9.17) is 5.11 Å². The van der Waals surface area contributed by atoms with Gasteiger partial charge in [-0.1, -0.05) is 0 Å². The molecule has 0 aliphatic carbocycles. The molecule has 2 rings (SSSR count). The van der Waals surface area contributed by atoms with Gasteiger partial charge in [0.1, 0.15) is 0 Å². The fourth-order valence-electron chi connectivity index (χ4n) is 1.58. The number of carboxylic acid groups (broad SMARTS) is 1. The number of aliphatic carboxylic acids is 1.